The third kappa shape index (κ3) is 3.51. The van der Waals surface area contributed by atoms with Crippen molar-refractivity contribution >= 4 is 38.7 Å². The Morgan fingerprint density at radius 1 is 1.27 bits per heavy atom. The minimum atomic E-state index is -0.107. The molecule has 3 rings (SSSR count). The summed E-state index contributed by atoms with van der Waals surface area (Å²) < 4.78 is 1.57. The van der Waals surface area contributed by atoms with Gasteiger partial charge in [0.15, 0.2) is 5.78 Å². The summed E-state index contributed by atoms with van der Waals surface area (Å²) in [5.41, 5.74) is 0.859. The van der Waals surface area contributed by atoms with Crippen LogP contribution in [0.25, 0.3) is 10.2 Å². The van der Waals surface area contributed by atoms with Crippen LogP contribution in [0.2, 0.25) is 0 Å². The zero-order valence-corrected chi connectivity index (χ0v) is 17.2. The second kappa shape index (κ2) is 7.82. The summed E-state index contributed by atoms with van der Waals surface area (Å²) in [7, 11) is 0. The molecule has 0 spiro atoms. The summed E-state index contributed by atoms with van der Waals surface area (Å²) in [5, 5.41) is 2.52. The van der Waals surface area contributed by atoms with Crippen LogP contribution >= 0.6 is 22.7 Å². The number of aromatic nitrogens is 2. The van der Waals surface area contributed by atoms with Gasteiger partial charge in [0, 0.05) is 4.88 Å². The maximum Gasteiger partial charge on any atom is 0.263 e. The minimum absolute atomic E-state index is 0.0349. The van der Waals surface area contributed by atoms with Crippen molar-refractivity contribution < 1.29 is 4.79 Å². The van der Waals surface area contributed by atoms with Crippen molar-refractivity contribution in [3.63, 3.8) is 0 Å². The Balaban J connectivity index is 2.13. The molecule has 3 aromatic rings. The largest absolute Gasteiger partial charge is 0.297 e. The smallest absolute Gasteiger partial charge is 0.263 e. The molecule has 0 fully saturated rings. The number of ketones is 1. The zero-order valence-electron chi connectivity index (χ0n) is 15.5. The third-order valence-corrected chi connectivity index (χ3v) is 6.74. The molecule has 0 saturated heterocycles. The van der Waals surface area contributed by atoms with Gasteiger partial charge in [0.2, 0.25) is 0 Å². The maximum atomic E-state index is 13.2. The van der Waals surface area contributed by atoms with E-state index in [2.05, 4.69) is 18.7 Å². The van der Waals surface area contributed by atoms with Gasteiger partial charge in [0.25, 0.3) is 5.56 Å². The molecule has 26 heavy (non-hydrogen) atoms. The second-order valence-electron chi connectivity index (χ2n) is 6.24. The van der Waals surface area contributed by atoms with Gasteiger partial charge < -0.3 is 0 Å². The highest BCUT2D eigenvalue weighted by atomic mass is 32.1. The highest BCUT2D eigenvalue weighted by molar-refractivity contribution is 7.18. The summed E-state index contributed by atoms with van der Waals surface area (Å²) in [5.74, 6) is 0.617. The van der Waals surface area contributed by atoms with Crippen LogP contribution in [0.15, 0.2) is 22.3 Å². The molecular weight excluding hydrogens is 366 g/mol. The molecular formula is C19H23N3O2S2. The first-order valence-corrected chi connectivity index (χ1v) is 10.4. The molecule has 0 aliphatic carbocycles. The van der Waals surface area contributed by atoms with Crippen molar-refractivity contribution in [2.24, 2.45) is 0 Å². The van der Waals surface area contributed by atoms with Crippen molar-refractivity contribution in [1.82, 2.24) is 14.5 Å². The van der Waals surface area contributed by atoms with E-state index in [4.69, 9.17) is 4.98 Å². The van der Waals surface area contributed by atoms with E-state index >= 15 is 0 Å². The molecule has 5 nitrogen and oxygen atoms in total. The Morgan fingerprint density at radius 3 is 2.62 bits per heavy atom. The van der Waals surface area contributed by atoms with Gasteiger partial charge >= 0.3 is 0 Å². The normalized spacial score (nSPS) is 11.6. The molecule has 0 atom stereocenters. The lowest BCUT2D eigenvalue weighted by atomic mass is 10.2. The molecule has 138 valence electrons. The van der Waals surface area contributed by atoms with Crippen LogP contribution in [0, 0.1) is 13.8 Å². The highest BCUT2D eigenvalue weighted by Gasteiger charge is 2.20. The van der Waals surface area contributed by atoms with Crippen LogP contribution in [0.1, 0.15) is 39.8 Å². The monoisotopic (exact) mass is 389 g/mol. The van der Waals surface area contributed by atoms with E-state index in [-0.39, 0.29) is 17.9 Å². The summed E-state index contributed by atoms with van der Waals surface area (Å²) in [6, 6.07) is 3.65. The SMILES string of the molecule is CCN(CC)Cc1nc2sc(C)c(C)c2c(=O)n1CC(=O)c1cccs1. The van der Waals surface area contributed by atoms with Crippen molar-refractivity contribution in [3.8, 4) is 0 Å². The molecule has 3 aromatic heterocycles. The molecule has 0 aliphatic rings. The van der Waals surface area contributed by atoms with Gasteiger partial charge in [0.1, 0.15) is 10.7 Å². The van der Waals surface area contributed by atoms with Crippen molar-refractivity contribution in [2.75, 3.05) is 13.1 Å². The van der Waals surface area contributed by atoms with Gasteiger partial charge in [-0.05, 0) is 43.9 Å². The Kier molecular flexibility index (Phi) is 5.70. The molecule has 0 aromatic carbocycles. The van der Waals surface area contributed by atoms with E-state index in [1.165, 1.54) is 11.3 Å². The summed E-state index contributed by atoms with van der Waals surface area (Å²) >= 11 is 2.95. The fourth-order valence-corrected chi connectivity index (χ4v) is 4.65. The van der Waals surface area contributed by atoms with E-state index in [0.29, 0.717) is 22.6 Å². The molecule has 0 aliphatic heterocycles. The van der Waals surface area contributed by atoms with Crippen LogP contribution in [-0.2, 0) is 13.1 Å². The third-order valence-electron chi connectivity index (χ3n) is 4.73. The Morgan fingerprint density at radius 2 is 2.00 bits per heavy atom. The van der Waals surface area contributed by atoms with Crippen LogP contribution in [0.5, 0.6) is 0 Å². The molecule has 0 amide bonds. The predicted molar refractivity (Wildman–Crippen MR) is 109 cm³/mol. The lowest BCUT2D eigenvalue weighted by molar-refractivity contribution is 0.0972. The molecule has 0 N–H and O–H groups in total. The Hall–Kier alpha value is -1.83. The number of hydrogen-bond acceptors (Lipinski definition) is 6. The molecule has 0 unspecified atom stereocenters. The van der Waals surface area contributed by atoms with Crippen LogP contribution < -0.4 is 5.56 Å². The number of aryl methyl sites for hydroxylation is 2. The standard InChI is InChI=1S/C19H23N3O2S2/c1-5-21(6-2)11-16-20-18-17(12(3)13(4)26-18)19(24)22(16)10-14(23)15-8-7-9-25-15/h7-9H,5-6,10-11H2,1-4H3. The van der Waals surface area contributed by atoms with E-state index in [1.807, 2.05) is 25.3 Å². The molecule has 0 radical (unpaired) electrons. The van der Waals surface area contributed by atoms with Gasteiger partial charge in [0.05, 0.1) is 23.4 Å². The minimum Gasteiger partial charge on any atom is -0.297 e. The number of carbonyl (C=O) groups is 1. The molecule has 3 heterocycles. The van der Waals surface area contributed by atoms with Crippen LogP contribution in [0.4, 0.5) is 0 Å². The summed E-state index contributed by atoms with van der Waals surface area (Å²) in [6.07, 6.45) is 0. The second-order valence-corrected chi connectivity index (χ2v) is 8.40. The van der Waals surface area contributed by atoms with Gasteiger partial charge in [-0.3, -0.25) is 19.1 Å². The quantitative estimate of drug-likeness (QED) is 0.576. The predicted octanol–water partition coefficient (Wildman–Crippen LogP) is 3.86. The average molecular weight is 390 g/mol. The zero-order chi connectivity index (χ0) is 18.8. The Labute approximate surface area is 160 Å². The lowest BCUT2D eigenvalue weighted by Gasteiger charge is -2.20. The van der Waals surface area contributed by atoms with E-state index in [9.17, 15) is 9.59 Å². The van der Waals surface area contributed by atoms with Gasteiger partial charge in [-0.25, -0.2) is 4.98 Å². The van der Waals surface area contributed by atoms with Crippen molar-refractivity contribution in [2.45, 2.75) is 40.8 Å². The topological polar surface area (TPSA) is 55.2 Å². The number of carbonyl (C=O) groups excluding carboxylic acids is 1. The number of rotatable bonds is 7. The fraction of sp³-hybridized carbons (Fsp3) is 0.421. The van der Waals surface area contributed by atoms with Gasteiger partial charge in [-0.15, -0.1) is 22.7 Å². The van der Waals surface area contributed by atoms with Crippen molar-refractivity contribution in [1.29, 1.82) is 0 Å². The van der Waals surface area contributed by atoms with Crippen LogP contribution in [-0.4, -0.2) is 33.3 Å². The first-order valence-electron chi connectivity index (χ1n) is 8.74. The number of fused-ring (bicyclic) bond motifs is 1. The van der Waals surface area contributed by atoms with E-state index in [1.54, 1.807) is 22.0 Å². The lowest BCUT2D eigenvalue weighted by Crippen LogP contribution is -2.32. The van der Waals surface area contributed by atoms with Crippen molar-refractivity contribution in [3.05, 3.63) is 49.0 Å². The average Bonchev–Trinajstić information content (AvgIpc) is 3.25. The first kappa shape index (κ1) is 18.9. The number of Topliss-reactive ketones (excluding diaryl/α,β-unsaturated/α-hetero) is 1. The highest BCUT2D eigenvalue weighted by Crippen LogP contribution is 2.26. The summed E-state index contributed by atoms with van der Waals surface area (Å²) in [4.78, 5) is 35.4. The number of nitrogens with zero attached hydrogens (tertiary/aromatic N) is 3. The summed E-state index contributed by atoms with van der Waals surface area (Å²) in [6.45, 7) is 10.5. The first-order chi connectivity index (χ1) is 12.5. The molecule has 7 heteroatoms. The van der Waals surface area contributed by atoms with E-state index in [0.717, 1.165) is 28.4 Å². The van der Waals surface area contributed by atoms with Gasteiger partial charge in [-0.1, -0.05) is 19.9 Å². The molecule has 0 saturated carbocycles. The Bertz CT molecular complexity index is 983. The maximum absolute atomic E-state index is 13.2. The van der Waals surface area contributed by atoms with Gasteiger partial charge in [-0.2, -0.15) is 0 Å². The van der Waals surface area contributed by atoms with E-state index < -0.39 is 0 Å². The fourth-order valence-electron chi connectivity index (χ4n) is 2.96. The van der Waals surface area contributed by atoms with Crippen LogP contribution in [0.3, 0.4) is 0 Å². The molecule has 0 bridgehead atoms. The number of thiophene rings is 2. The number of hydrogen-bond donors (Lipinski definition) is 0.